The first-order chi connectivity index (χ1) is 27.2. The van der Waals surface area contributed by atoms with Gasteiger partial charge < -0.3 is 35.2 Å². The molecule has 0 heterocycles. The molecule has 324 valence electrons. The smallest absolute Gasteiger partial charge is 0.744 e. The van der Waals surface area contributed by atoms with Crippen molar-refractivity contribution in [1.82, 2.24) is 0 Å². The Morgan fingerprint density at radius 1 is 0.746 bits per heavy atom. The number of phenolic OH excluding ortho intramolecular Hbond substituents is 1. The maximum atomic E-state index is 12.9. The summed E-state index contributed by atoms with van der Waals surface area (Å²) in [6, 6.07) is 9.58. The molecular weight excluding hydrogens is 1010 g/mol. The van der Waals surface area contributed by atoms with Crippen LogP contribution in [0.15, 0.2) is 94.6 Å². The molecule has 0 amide bonds. The Morgan fingerprint density at radius 2 is 1.35 bits per heavy atom. The second kappa shape index (κ2) is 29.0. The Labute approximate surface area is 457 Å². The van der Waals surface area contributed by atoms with Gasteiger partial charge in [-0.3, -0.25) is 18.4 Å². The van der Waals surface area contributed by atoms with E-state index >= 15 is 0 Å². The van der Waals surface area contributed by atoms with Crippen LogP contribution in [-0.2, 0) is 67.3 Å². The van der Waals surface area contributed by atoms with Gasteiger partial charge in [0.25, 0.3) is 0 Å². The summed E-state index contributed by atoms with van der Waals surface area (Å²) in [5.74, 6) is -2.47. The van der Waals surface area contributed by atoms with Gasteiger partial charge in [0, 0.05) is 0 Å². The zero-order valence-electron chi connectivity index (χ0n) is 32.5. The first kappa shape index (κ1) is 64.9. The van der Waals surface area contributed by atoms with Crippen LogP contribution in [0.3, 0.4) is 0 Å². The molecule has 0 saturated carbocycles. The number of rotatable bonds is 21. The maximum absolute atomic E-state index is 12.9. The molecule has 35 heteroatoms. The normalized spacial score (nSPS) is 11.9. The molecule has 3 N–H and O–H groups in total. The molecule has 0 aliphatic carbocycles. The van der Waals surface area contributed by atoms with Gasteiger partial charge in [-0.2, -0.15) is 9.45 Å². The van der Waals surface area contributed by atoms with Gasteiger partial charge >= 0.3 is 118 Å². The topological polar surface area (TPSA) is 389 Å². The van der Waals surface area contributed by atoms with Gasteiger partial charge in [-0.05, 0) is 53.9 Å². The number of azo groups is 2. The molecule has 4 aromatic carbocycles. The number of benzene rings is 4. The Hall–Kier alpha value is -0.160. The Bertz CT molecular complexity index is 2690. The Kier molecular flexibility index (Phi) is 29.9. The molecule has 0 fully saturated rings. The number of hydrogen-bond acceptors (Lipinski definition) is 27. The van der Waals surface area contributed by atoms with E-state index in [4.69, 9.17) is 14.7 Å². The molecule has 0 bridgehead atoms. The number of anilines is 1. The van der Waals surface area contributed by atoms with Crippen LogP contribution in [0.1, 0.15) is 7.43 Å². The van der Waals surface area contributed by atoms with Crippen LogP contribution in [0, 0.1) is 0 Å². The van der Waals surface area contributed by atoms with E-state index < -0.39 is 103 Å². The van der Waals surface area contributed by atoms with Crippen molar-refractivity contribution in [1.29, 1.82) is 0 Å². The van der Waals surface area contributed by atoms with Crippen LogP contribution >= 0.6 is 24.4 Å². The van der Waals surface area contributed by atoms with Crippen molar-refractivity contribution >= 4 is 104 Å². The summed E-state index contributed by atoms with van der Waals surface area (Å²) in [4.78, 5) is -2.14. The van der Waals surface area contributed by atoms with Gasteiger partial charge in [-0.1, -0.05) is 13.5 Å². The molecule has 0 unspecified atom stereocenters. The summed E-state index contributed by atoms with van der Waals surface area (Å²) in [5.41, 5.74) is 3.69. The molecule has 0 spiro atoms. The summed E-state index contributed by atoms with van der Waals surface area (Å²) in [7, 11) is -17.8. The van der Waals surface area contributed by atoms with E-state index in [0.29, 0.717) is 0 Å². The largest absolute Gasteiger partial charge is 1.00 e. The first-order valence-electron chi connectivity index (χ1n) is 14.9. The fourth-order valence-corrected chi connectivity index (χ4v) is 8.69. The molecule has 0 atom stereocenters. The minimum Gasteiger partial charge on any atom is -0.744 e. The average molecular weight is 1040 g/mol. The monoisotopic (exact) mass is 1040 g/mol. The van der Waals surface area contributed by atoms with E-state index in [2.05, 4.69) is 43.4 Å². The predicted molar refractivity (Wildman–Crippen MR) is 196 cm³/mol. The number of sulfone groups is 2. The number of nitrogen functional groups attached to an aromatic ring is 1. The van der Waals surface area contributed by atoms with Crippen molar-refractivity contribution in [2.24, 2.45) is 20.5 Å². The SMILES string of the molecule is C.COc1ccc(S(=O)(=O)CCOSOO[O-])cc1N=Nc1c(SOO[O-])cc2cc(S(=O)(=O)[O-])c(N=Nc3cccc(S(=O)(=O)CCOS(=O)(=O)[O-])c3)c(N)c2c1O.[Na+].[Na+].[Na+].[Na+]. The number of ether oxygens (including phenoxy) is 1. The Morgan fingerprint density at radius 3 is 1.94 bits per heavy atom. The number of hydrogen-bond donors (Lipinski definition) is 2. The number of nitrogens with zero attached hydrogens (tertiary/aromatic N) is 4. The summed E-state index contributed by atoms with van der Waals surface area (Å²) in [6.45, 7) is -1.45. The average Bonchev–Trinajstić information content (AvgIpc) is 3.15. The van der Waals surface area contributed by atoms with Gasteiger partial charge in [0.15, 0.2) is 37.7 Å². The quantitative estimate of drug-likeness (QED) is 0.00900. The van der Waals surface area contributed by atoms with Gasteiger partial charge in [0.2, 0.25) is 10.4 Å². The van der Waals surface area contributed by atoms with E-state index in [1.807, 2.05) is 0 Å². The van der Waals surface area contributed by atoms with Crippen molar-refractivity contribution in [2.75, 3.05) is 37.6 Å². The summed E-state index contributed by atoms with van der Waals surface area (Å²) < 4.78 is 143. The molecule has 0 radical (unpaired) electrons. The summed E-state index contributed by atoms with van der Waals surface area (Å²) >= 11 is 0.235. The fourth-order valence-electron chi connectivity index (χ4n) is 4.60. The van der Waals surface area contributed by atoms with Crippen molar-refractivity contribution in [3.63, 3.8) is 0 Å². The third-order valence-corrected chi connectivity index (χ3v) is 12.7. The minimum atomic E-state index is -5.44. The van der Waals surface area contributed by atoms with Crippen molar-refractivity contribution in [3.05, 3.63) is 54.6 Å². The second-order valence-corrected chi connectivity index (χ2v) is 18.5. The molecule has 0 aliphatic rings. The Balaban J connectivity index is 0. The zero-order valence-corrected chi connectivity index (χ0v) is 45.4. The zero-order chi connectivity index (χ0) is 42.9. The van der Waals surface area contributed by atoms with E-state index in [1.165, 1.54) is 31.4 Å². The minimum absolute atomic E-state index is 0. The van der Waals surface area contributed by atoms with E-state index in [1.54, 1.807) is 0 Å². The van der Waals surface area contributed by atoms with Crippen molar-refractivity contribution in [2.45, 2.75) is 27.0 Å². The van der Waals surface area contributed by atoms with Crippen LogP contribution in [-0.4, -0.2) is 79.7 Å². The maximum Gasteiger partial charge on any atom is 1.00 e. The van der Waals surface area contributed by atoms with Crippen LogP contribution in [0.25, 0.3) is 10.8 Å². The predicted octanol–water partition coefficient (Wildman–Crippen LogP) is -9.42. The molecule has 0 saturated heterocycles. The molecule has 4 aromatic rings. The van der Waals surface area contributed by atoms with Gasteiger partial charge in [-0.25, -0.2) is 33.7 Å². The van der Waals surface area contributed by atoms with E-state index in [-0.39, 0.29) is 182 Å². The van der Waals surface area contributed by atoms with Crippen molar-refractivity contribution in [3.8, 4) is 11.5 Å². The molecular formula is C28H27N5Na4O20S6. The van der Waals surface area contributed by atoms with Crippen LogP contribution in [0.2, 0.25) is 0 Å². The van der Waals surface area contributed by atoms with E-state index in [9.17, 15) is 58.4 Å². The standard InChI is InChI=1S/C27H27N5O20S6.CH4.4Na/c1-46-20-6-5-18(55(36,37)9-7-47-54-52-50-35)14-19(20)30-31-25-21(53-51-49-34)11-15-12-22(57(40,41)42)26(24(28)23(15)27(25)33)32-29-16-3-2-4-17(13-16)56(38,39)10-8-48-58(43,44)45;;;;;/h2-6,11-14,33-35H,7-10,28H2,1H3,(H,40,41,42)(H,43,44,45);1H4;;;;/q;;4*+1/p-4. The van der Waals surface area contributed by atoms with Crippen LogP contribution in [0.4, 0.5) is 28.4 Å². The number of fused-ring (bicyclic) bond motifs is 1. The van der Waals surface area contributed by atoms with Gasteiger partial charge in [0.05, 0.1) is 80.2 Å². The summed E-state index contributed by atoms with van der Waals surface area (Å²) in [6.07, 6.45) is 0. The number of methoxy groups -OCH3 is 1. The fraction of sp³-hybridized carbons (Fsp3) is 0.214. The van der Waals surface area contributed by atoms with Crippen LogP contribution < -0.4 is 139 Å². The van der Waals surface area contributed by atoms with Crippen LogP contribution in [0.5, 0.6) is 11.5 Å². The third kappa shape index (κ3) is 18.7. The molecule has 63 heavy (non-hydrogen) atoms. The molecule has 0 aromatic heterocycles. The second-order valence-electron chi connectivity index (χ2n) is 10.6. The number of aromatic hydroxyl groups is 1. The van der Waals surface area contributed by atoms with Gasteiger partial charge in [-0.15, -0.1) is 19.7 Å². The molecule has 25 nitrogen and oxygen atoms in total. The number of phenols is 1. The molecule has 0 aliphatic heterocycles. The van der Waals surface area contributed by atoms with E-state index in [0.717, 1.165) is 30.3 Å². The van der Waals surface area contributed by atoms with Crippen molar-refractivity contribution < 1.29 is 208 Å². The number of nitrogens with two attached hydrogens (primary N) is 1. The molecule has 4 rings (SSSR count). The van der Waals surface area contributed by atoms with Gasteiger partial charge in [0.1, 0.15) is 32.9 Å². The summed E-state index contributed by atoms with van der Waals surface area (Å²) in [5, 5.41) is 53.3. The third-order valence-electron chi connectivity index (χ3n) is 7.06. The first-order valence-corrected chi connectivity index (χ1v) is 22.3.